The molecule has 0 radical (unpaired) electrons. The fraction of sp³-hybridized carbons (Fsp3) is 0. The third kappa shape index (κ3) is 5.19. The van der Waals surface area contributed by atoms with Crippen molar-refractivity contribution in [1.29, 1.82) is 10.5 Å². The number of fused-ring (bicyclic) bond motifs is 5. The Morgan fingerprint density at radius 1 is 0.345 bits per heavy atom. The van der Waals surface area contributed by atoms with Crippen molar-refractivity contribution >= 4 is 43.4 Å². The molecule has 3 heteroatoms. The lowest BCUT2D eigenvalue weighted by atomic mass is 9.85. The lowest BCUT2D eigenvalue weighted by molar-refractivity contribution is 1.17. The first kappa shape index (κ1) is 32.0. The van der Waals surface area contributed by atoms with Crippen LogP contribution in [0.5, 0.6) is 0 Å². The van der Waals surface area contributed by atoms with Crippen molar-refractivity contribution in [2.24, 2.45) is 0 Å². The number of nitrogens with zero attached hydrogens (tertiary/aromatic N) is 3. The van der Waals surface area contributed by atoms with Crippen LogP contribution in [-0.4, -0.2) is 4.57 Å². The van der Waals surface area contributed by atoms with E-state index in [2.05, 4.69) is 162 Å². The molecule has 1 aromatic heterocycles. The van der Waals surface area contributed by atoms with E-state index in [0.717, 1.165) is 55.3 Å². The number of benzene rings is 9. The van der Waals surface area contributed by atoms with Crippen LogP contribution in [0.4, 0.5) is 0 Å². The van der Waals surface area contributed by atoms with Crippen molar-refractivity contribution in [1.82, 2.24) is 4.57 Å². The zero-order valence-corrected chi connectivity index (χ0v) is 29.7. The molecule has 0 unspecified atom stereocenters. The van der Waals surface area contributed by atoms with E-state index in [1.165, 1.54) is 38.2 Å². The van der Waals surface area contributed by atoms with Crippen LogP contribution < -0.4 is 0 Å². The Bertz CT molecular complexity index is 3150. The first-order valence-corrected chi connectivity index (χ1v) is 18.4. The number of hydrogen-bond acceptors (Lipinski definition) is 2. The van der Waals surface area contributed by atoms with E-state index < -0.39 is 0 Å². The molecule has 254 valence electrons. The summed E-state index contributed by atoms with van der Waals surface area (Å²) in [6.07, 6.45) is 0. The normalized spacial score (nSPS) is 11.2. The van der Waals surface area contributed by atoms with Crippen molar-refractivity contribution < 1.29 is 0 Å². The van der Waals surface area contributed by atoms with Gasteiger partial charge >= 0.3 is 0 Å². The Balaban J connectivity index is 1.08. The second kappa shape index (κ2) is 13.0. The summed E-state index contributed by atoms with van der Waals surface area (Å²) in [4.78, 5) is 0. The molecule has 0 aliphatic rings. The van der Waals surface area contributed by atoms with Crippen LogP contribution in [0.25, 0.3) is 93.5 Å². The van der Waals surface area contributed by atoms with Crippen LogP contribution in [0.1, 0.15) is 11.1 Å². The van der Waals surface area contributed by atoms with Crippen LogP contribution >= 0.6 is 0 Å². The smallest absolute Gasteiger partial charge is 0.101 e. The zero-order valence-electron chi connectivity index (χ0n) is 29.7. The van der Waals surface area contributed by atoms with Crippen molar-refractivity contribution in [3.05, 3.63) is 199 Å². The number of para-hydroxylation sites is 1. The predicted molar refractivity (Wildman–Crippen MR) is 227 cm³/mol. The molecule has 0 atom stereocenters. The van der Waals surface area contributed by atoms with Gasteiger partial charge in [-0.05, 0) is 102 Å². The molecular weight excluding hydrogens is 667 g/mol. The van der Waals surface area contributed by atoms with Gasteiger partial charge in [0.1, 0.15) is 6.07 Å². The molecule has 0 fully saturated rings. The Labute approximate surface area is 318 Å². The Hall–Kier alpha value is -7.72. The second-order valence-electron chi connectivity index (χ2n) is 13.9. The van der Waals surface area contributed by atoms with Gasteiger partial charge in [-0.15, -0.1) is 0 Å². The van der Waals surface area contributed by atoms with Crippen molar-refractivity contribution in [3.63, 3.8) is 0 Å². The van der Waals surface area contributed by atoms with Crippen molar-refractivity contribution in [2.45, 2.75) is 0 Å². The Morgan fingerprint density at radius 2 is 0.836 bits per heavy atom. The summed E-state index contributed by atoms with van der Waals surface area (Å²) in [7, 11) is 0. The molecule has 55 heavy (non-hydrogen) atoms. The van der Waals surface area contributed by atoms with Crippen LogP contribution in [-0.2, 0) is 0 Å². The third-order valence-electron chi connectivity index (χ3n) is 10.9. The van der Waals surface area contributed by atoms with Gasteiger partial charge in [0.05, 0.1) is 33.9 Å². The standard InChI is InChI=1S/C52H31N3/c53-32-34-22-28-50-47(30-34)42-16-10-11-21-49(42)55(50)48-29-27-38(31-39(48)33-54)41-15-5-4-14-40(41)35-23-25-37(26-24-35)52-45-19-8-6-17-43(45)51(36-12-2-1-3-13-36)44-18-7-9-20-46(44)52/h1-31H. The minimum Gasteiger partial charge on any atom is -0.308 e. The Morgan fingerprint density at radius 3 is 1.45 bits per heavy atom. The summed E-state index contributed by atoms with van der Waals surface area (Å²) in [5.41, 5.74) is 13.0. The van der Waals surface area contributed by atoms with E-state index in [4.69, 9.17) is 0 Å². The molecule has 10 aromatic rings. The molecule has 1 heterocycles. The first-order chi connectivity index (χ1) is 27.2. The summed E-state index contributed by atoms with van der Waals surface area (Å²) < 4.78 is 2.14. The topological polar surface area (TPSA) is 52.5 Å². The quantitative estimate of drug-likeness (QED) is 0.168. The highest BCUT2D eigenvalue weighted by Crippen LogP contribution is 2.44. The summed E-state index contributed by atoms with van der Waals surface area (Å²) in [5, 5.41) is 27.1. The molecule has 3 nitrogen and oxygen atoms in total. The predicted octanol–water partition coefficient (Wildman–Crippen LogP) is 13.5. The third-order valence-corrected chi connectivity index (χ3v) is 10.9. The van der Waals surface area contributed by atoms with E-state index in [-0.39, 0.29) is 0 Å². The highest BCUT2D eigenvalue weighted by Gasteiger charge is 2.19. The maximum Gasteiger partial charge on any atom is 0.101 e. The van der Waals surface area contributed by atoms with Gasteiger partial charge in [-0.2, -0.15) is 10.5 Å². The number of rotatable bonds is 5. The molecule has 10 rings (SSSR count). The molecular formula is C52H31N3. The van der Waals surface area contributed by atoms with E-state index in [9.17, 15) is 10.5 Å². The largest absolute Gasteiger partial charge is 0.308 e. The van der Waals surface area contributed by atoms with Gasteiger partial charge in [-0.1, -0.05) is 152 Å². The van der Waals surface area contributed by atoms with Gasteiger partial charge in [0, 0.05) is 10.8 Å². The van der Waals surface area contributed by atoms with Crippen LogP contribution in [0.3, 0.4) is 0 Å². The van der Waals surface area contributed by atoms with Crippen molar-refractivity contribution in [3.8, 4) is 62.3 Å². The van der Waals surface area contributed by atoms with Gasteiger partial charge in [-0.25, -0.2) is 0 Å². The van der Waals surface area contributed by atoms with E-state index in [1.54, 1.807) is 0 Å². The maximum atomic E-state index is 10.6. The van der Waals surface area contributed by atoms with Crippen molar-refractivity contribution in [2.75, 3.05) is 0 Å². The molecule has 0 spiro atoms. The maximum absolute atomic E-state index is 10.6. The zero-order chi connectivity index (χ0) is 36.9. The average Bonchev–Trinajstić information content (AvgIpc) is 3.59. The van der Waals surface area contributed by atoms with E-state index in [0.29, 0.717) is 11.1 Å². The molecule has 0 aliphatic carbocycles. The minimum atomic E-state index is 0.576. The fourth-order valence-corrected chi connectivity index (χ4v) is 8.45. The molecule has 0 saturated heterocycles. The average molecular weight is 698 g/mol. The van der Waals surface area contributed by atoms with Crippen LogP contribution in [0.15, 0.2) is 188 Å². The lowest BCUT2D eigenvalue weighted by Crippen LogP contribution is -1.98. The SMILES string of the molecule is N#Cc1ccc2c(c1)c1ccccc1n2-c1ccc(-c2ccccc2-c2ccc(-c3c4ccccc4c(-c4ccccc4)c4ccccc34)cc2)cc1C#N. The lowest BCUT2D eigenvalue weighted by Gasteiger charge is -2.18. The van der Waals surface area contributed by atoms with Crippen LogP contribution in [0.2, 0.25) is 0 Å². The molecule has 9 aromatic carbocycles. The summed E-state index contributed by atoms with van der Waals surface area (Å²) in [6.45, 7) is 0. The van der Waals surface area contributed by atoms with Gasteiger partial charge in [-0.3, -0.25) is 0 Å². The summed E-state index contributed by atoms with van der Waals surface area (Å²) in [6, 6.07) is 70.3. The molecule has 0 aliphatic heterocycles. The molecule has 0 bridgehead atoms. The first-order valence-electron chi connectivity index (χ1n) is 18.4. The molecule has 0 amide bonds. The van der Waals surface area contributed by atoms with E-state index >= 15 is 0 Å². The summed E-state index contributed by atoms with van der Waals surface area (Å²) in [5.74, 6) is 0. The number of hydrogen-bond donors (Lipinski definition) is 0. The number of aromatic nitrogens is 1. The highest BCUT2D eigenvalue weighted by atomic mass is 15.0. The molecule has 0 N–H and O–H groups in total. The van der Waals surface area contributed by atoms with Gasteiger partial charge < -0.3 is 4.57 Å². The second-order valence-corrected chi connectivity index (χ2v) is 13.9. The van der Waals surface area contributed by atoms with Gasteiger partial charge in [0.2, 0.25) is 0 Å². The monoisotopic (exact) mass is 697 g/mol. The van der Waals surface area contributed by atoms with Crippen LogP contribution in [0, 0.1) is 22.7 Å². The Kier molecular flexibility index (Phi) is 7.58. The summed E-state index contributed by atoms with van der Waals surface area (Å²) >= 11 is 0. The molecule has 0 saturated carbocycles. The van der Waals surface area contributed by atoms with Gasteiger partial charge in [0.15, 0.2) is 0 Å². The highest BCUT2D eigenvalue weighted by molar-refractivity contribution is 6.21. The fourth-order valence-electron chi connectivity index (χ4n) is 8.45. The van der Waals surface area contributed by atoms with E-state index in [1.807, 2.05) is 42.5 Å². The minimum absolute atomic E-state index is 0.576. The van der Waals surface area contributed by atoms with Gasteiger partial charge in [0.25, 0.3) is 0 Å². The number of nitriles is 2.